The van der Waals surface area contributed by atoms with E-state index < -0.39 is 0 Å². The third-order valence-corrected chi connectivity index (χ3v) is 5.51. The summed E-state index contributed by atoms with van der Waals surface area (Å²) in [5.41, 5.74) is 10.3. The highest BCUT2D eigenvalue weighted by Gasteiger charge is 2.24. The minimum atomic E-state index is -0.287. The predicted molar refractivity (Wildman–Crippen MR) is 122 cm³/mol. The van der Waals surface area contributed by atoms with E-state index in [1.165, 1.54) is 0 Å². The lowest BCUT2D eigenvalue weighted by Crippen LogP contribution is -2.24. The third kappa shape index (κ3) is 3.83. The largest absolute Gasteiger partial charge is 0.384 e. The Labute approximate surface area is 180 Å². The fourth-order valence-corrected chi connectivity index (χ4v) is 3.66. The summed E-state index contributed by atoms with van der Waals surface area (Å²) in [4.78, 5) is 22.6. The zero-order valence-electron chi connectivity index (χ0n) is 17.0. The number of amides is 1. The molecule has 4 rings (SSSR count). The Balaban J connectivity index is 1.77. The third-order valence-electron chi connectivity index (χ3n) is 5.15. The highest BCUT2D eigenvalue weighted by atomic mass is 35.5. The number of nitrogens with one attached hydrogen (secondary N) is 1. The molecule has 2 aromatic carbocycles. The Kier molecular flexibility index (Phi) is 5.59. The molecule has 0 aliphatic carbocycles. The van der Waals surface area contributed by atoms with Crippen molar-refractivity contribution in [3.63, 3.8) is 0 Å². The van der Waals surface area contributed by atoms with Crippen LogP contribution in [0.5, 0.6) is 0 Å². The first-order valence-electron chi connectivity index (χ1n) is 10.0. The molecular formula is C23H24ClN5O. The number of fused-ring (bicyclic) bond motifs is 2. The second-order valence-electron chi connectivity index (χ2n) is 7.75. The number of benzene rings is 2. The van der Waals surface area contributed by atoms with Crippen LogP contribution in [-0.4, -0.2) is 20.4 Å². The van der Waals surface area contributed by atoms with Gasteiger partial charge in [0.2, 0.25) is 0 Å². The number of aryl methyl sites for hydroxylation is 1. The molecule has 0 aliphatic heterocycles. The molecule has 2 heterocycles. The maximum Gasteiger partial charge on any atom is 0.257 e. The molecule has 3 N–H and O–H groups in total. The maximum absolute atomic E-state index is 13.1. The smallest absolute Gasteiger partial charge is 0.257 e. The number of halogens is 1. The summed E-state index contributed by atoms with van der Waals surface area (Å²) in [5, 5.41) is 3.54. The van der Waals surface area contributed by atoms with Gasteiger partial charge in [-0.2, -0.15) is 0 Å². The van der Waals surface area contributed by atoms with Crippen molar-refractivity contribution < 1.29 is 4.79 Å². The highest BCUT2D eigenvalue weighted by molar-refractivity contribution is 6.31. The number of para-hydroxylation sites is 2. The number of nitrogens with zero attached hydrogens (tertiary/aromatic N) is 3. The van der Waals surface area contributed by atoms with Gasteiger partial charge < -0.3 is 15.6 Å². The standard InChI is InChI=1S/C23H24ClN5O/c1-14(2)11-12-29-21(25)19(23(30)26-13-15-7-3-4-8-16(15)24)20-22(29)28-18-10-6-5-9-17(18)27-20/h3-10,14H,11-13,25H2,1-2H3,(H,26,30). The topological polar surface area (TPSA) is 85.8 Å². The van der Waals surface area contributed by atoms with Crippen LogP contribution in [-0.2, 0) is 13.1 Å². The Morgan fingerprint density at radius 3 is 2.47 bits per heavy atom. The molecule has 0 unspecified atom stereocenters. The monoisotopic (exact) mass is 421 g/mol. The molecule has 7 heteroatoms. The molecule has 6 nitrogen and oxygen atoms in total. The molecule has 0 atom stereocenters. The molecule has 0 aliphatic rings. The summed E-state index contributed by atoms with van der Waals surface area (Å²) < 4.78 is 1.90. The van der Waals surface area contributed by atoms with E-state index in [4.69, 9.17) is 27.3 Å². The Hall–Kier alpha value is -3.12. The average Bonchev–Trinajstić information content (AvgIpc) is 3.00. The molecule has 4 aromatic rings. The van der Waals surface area contributed by atoms with Crippen molar-refractivity contribution >= 4 is 45.5 Å². The molecule has 0 bridgehead atoms. The molecule has 0 spiro atoms. The van der Waals surface area contributed by atoms with E-state index in [0.717, 1.165) is 23.0 Å². The van der Waals surface area contributed by atoms with Gasteiger partial charge in [0.1, 0.15) is 16.9 Å². The number of nitrogens with two attached hydrogens (primary N) is 1. The second kappa shape index (κ2) is 8.32. The zero-order chi connectivity index (χ0) is 21.3. The highest BCUT2D eigenvalue weighted by Crippen LogP contribution is 2.28. The fraction of sp³-hybridized carbons (Fsp3) is 0.261. The maximum atomic E-state index is 13.1. The summed E-state index contributed by atoms with van der Waals surface area (Å²) in [6, 6.07) is 15.0. The number of carbonyl (C=O) groups is 1. The van der Waals surface area contributed by atoms with Crippen LogP contribution in [0.4, 0.5) is 5.82 Å². The van der Waals surface area contributed by atoms with Crippen molar-refractivity contribution in [2.45, 2.75) is 33.4 Å². The summed E-state index contributed by atoms with van der Waals surface area (Å²) >= 11 is 6.22. The van der Waals surface area contributed by atoms with Crippen molar-refractivity contribution in [2.24, 2.45) is 5.92 Å². The average molecular weight is 422 g/mol. The van der Waals surface area contributed by atoms with Crippen LogP contribution in [0.3, 0.4) is 0 Å². The minimum Gasteiger partial charge on any atom is -0.384 e. The van der Waals surface area contributed by atoms with E-state index in [2.05, 4.69) is 19.2 Å². The number of anilines is 1. The Morgan fingerprint density at radius 2 is 1.77 bits per heavy atom. The van der Waals surface area contributed by atoms with Gasteiger partial charge in [0.25, 0.3) is 5.91 Å². The van der Waals surface area contributed by atoms with Gasteiger partial charge in [0.05, 0.1) is 11.0 Å². The van der Waals surface area contributed by atoms with Crippen LogP contribution >= 0.6 is 11.6 Å². The molecule has 30 heavy (non-hydrogen) atoms. The summed E-state index contributed by atoms with van der Waals surface area (Å²) in [5.74, 6) is 0.593. The van der Waals surface area contributed by atoms with Crippen molar-refractivity contribution in [3.05, 3.63) is 64.7 Å². The van der Waals surface area contributed by atoms with Gasteiger partial charge in [-0.1, -0.05) is 55.8 Å². The van der Waals surface area contributed by atoms with Gasteiger partial charge in [0.15, 0.2) is 5.65 Å². The zero-order valence-corrected chi connectivity index (χ0v) is 17.8. The number of hydrogen-bond acceptors (Lipinski definition) is 4. The second-order valence-corrected chi connectivity index (χ2v) is 8.16. The molecule has 1 amide bonds. The lowest BCUT2D eigenvalue weighted by Gasteiger charge is -2.10. The molecular weight excluding hydrogens is 398 g/mol. The van der Waals surface area contributed by atoms with E-state index >= 15 is 0 Å². The van der Waals surface area contributed by atoms with Gasteiger partial charge in [-0.25, -0.2) is 9.97 Å². The number of nitrogen functional groups attached to an aromatic ring is 1. The van der Waals surface area contributed by atoms with Crippen LogP contribution < -0.4 is 11.1 Å². The first kappa shape index (κ1) is 20.2. The van der Waals surface area contributed by atoms with Crippen LogP contribution in [0.2, 0.25) is 5.02 Å². The van der Waals surface area contributed by atoms with Crippen LogP contribution in [0.1, 0.15) is 36.2 Å². The van der Waals surface area contributed by atoms with Crippen molar-refractivity contribution in [1.82, 2.24) is 19.9 Å². The summed E-state index contributed by atoms with van der Waals surface area (Å²) in [7, 11) is 0. The minimum absolute atomic E-state index is 0.287. The van der Waals surface area contributed by atoms with Gasteiger partial charge in [-0.05, 0) is 36.1 Å². The molecule has 0 fully saturated rings. The van der Waals surface area contributed by atoms with E-state index in [1.54, 1.807) is 6.07 Å². The Bertz CT molecular complexity index is 1230. The van der Waals surface area contributed by atoms with Gasteiger partial charge in [-0.3, -0.25) is 4.79 Å². The van der Waals surface area contributed by atoms with E-state index in [1.807, 2.05) is 47.0 Å². The van der Waals surface area contributed by atoms with E-state index in [9.17, 15) is 4.79 Å². The summed E-state index contributed by atoms with van der Waals surface area (Å²) in [6.45, 7) is 5.28. The number of rotatable bonds is 6. The summed E-state index contributed by atoms with van der Waals surface area (Å²) in [6.07, 6.45) is 0.920. The van der Waals surface area contributed by atoms with Crippen LogP contribution in [0.15, 0.2) is 48.5 Å². The van der Waals surface area contributed by atoms with Gasteiger partial charge in [0, 0.05) is 18.1 Å². The molecule has 0 saturated heterocycles. The molecule has 0 radical (unpaired) electrons. The van der Waals surface area contributed by atoms with Crippen molar-refractivity contribution in [2.75, 3.05) is 5.73 Å². The normalized spacial score (nSPS) is 11.5. The van der Waals surface area contributed by atoms with Crippen LogP contribution in [0.25, 0.3) is 22.2 Å². The molecule has 154 valence electrons. The van der Waals surface area contributed by atoms with E-state index in [-0.39, 0.29) is 5.91 Å². The predicted octanol–water partition coefficient (Wildman–Crippen LogP) is 4.80. The van der Waals surface area contributed by atoms with E-state index in [0.29, 0.717) is 46.6 Å². The number of hydrogen-bond donors (Lipinski definition) is 2. The SMILES string of the molecule is CC(C)CCn1c(N)c(C(=O)NCc2ccccc2Cl)c2nc3ccccc3nc21. The first-order chi connectivity index (χ1) is 14.5. The molecule has 2 aromatic heterocycles. The van der Waals surface area contributed by atoms with Gasteiger partial charge in [-0.15, -0.1) is 0 Å². The van der Waals surface area contributed by atoms with Crippen molar-refractivity contribution in [1.29, 1.82) is 0 Å². The molecule has 0 saturated carbocycles. The number of aromatic nitrogens is 3. The number of carbonyl (C=O) groups excluding carboxylic acids is 1. The Morgan fingerprint density at radius 1 is 1.10 bits per heavy atom. The van der Waals surface area contributed by atoms with Gasteiger partial charge >= 0.3 is 0 Å². The quantitative estimate of drug-likeness (QED) is 0.468. The lowest BCUT2D eigenvalue weighted by molar-refractivity contribution is 0.0953. The first-order valence-corrected chi connectivity index (χ1v) is 10.4. The lowest BCUT2D eigenvalue weighted by atomic mass is 10.1. The fourth-order valence-electron chi connectivity index (χ4n) is 3.46. The van der Waals surface area contributed by atoms with Crippen LogP contribution in [0, 0.1) is 5.92 Å². The van der Waals surface area contributed by atoms with Crippen molar-refractivity contribution in [3.8, 4) is 0 Å².